The summed E-state index contributed by atoms with van der Waals surface area (Å²) in [6.07, 6.45) is 1.05. The zero-order valence-electron chi connectivity index (χ0n) is 17.8. The number of nitrogens with zero attached hydrogens (tertiary/aromatic N) is 1. The predicted molar refractivity (Wildman–Crippen MR) is 124 cm³/mol. The van der Waals surface area contributed by atoms with Crippen LogP contribution in [-0.2, 0) is 4.79 Å². The molecule has 0 saturated heterocycles. The van der Waals surface area contributed by atoms with E-state index in [9.17, 15) is 9.59 Å². The summed E-state index contributed by atoms with van der Waals surface area (Å²) in [6, 6.07) is 21.4. The SMILES string of the molecule is CCC(C)N(CCC(=O)Nc1ccc2ccccc2c1)C(=O)Nc1cccc(C)c1. The van der Waals surface area contributed by atoms with Gasteiger partial charge in [-0.25, -0.2) is 4.79 Å². The number of rotatable bonds is 7. The normalized spacial score (nSPS) is 11.7. The van der Waals surface area contributed by atoms with E-state index in [-0.39, 0.29) is 24.4 Å². The lowest BCUT2D eigenvalue weighted by Gasteiger charge is -2.28. The summed E-state index contributed by atoms with van der Waals surface area (Å²) in [6.45, 7) is 6.37. The molecule has 0 aliphatic carbocycles. The fourth-order valence-corrected chi connectivity index (χ4v) is 3.37. The monoisotopic (exact) mass is 403 g/mol. The summed E-state index contributed by atoms with van der Waals surface area (Å²) in [7, 11) is 0. The van der Waals surface area contributed by atoms with Gasteiger partial charge in [-0.2, -0.15) is 0 Å². The van der Waals surface area contributed by atoms with E-state index in [4.69, 9.17) is 0 Å². The van der Waals surface area contributed by atoms with Crippen LogP contribution in [0.2, 0.25) is 0 Å². The summed E-state index contributed by atoms with van der Waals surface area (Å²) < 4.78 is 0. The van der Waals surface area contributed by atoms with Crippen molar-refractivity contribution in [3.05, 3.63) is 72.3 Å². The fraction of sp³-hybridized carbons (Fsp3) is 0.280. The Hall–Kier alpha value is -3.34. The minimum atomic E-state index is -0.187. The molecule has 2 N–H and O–H groups in total. The highest BCUT2D eigenvalue weighted by molar-refractivity contribution is 5.95. The summed E-state index contributed by atoms with van der Waals surface area (Å²) in [5.41, 5.74) is 2.60. The highest BCUT2D eigenvalue weighted by Gasteiger charge is 2.20. The van der Waals surface area contributed by atoms with Crippen LogP contribution < -0.4 is 10.6 Å². The topological polar surface area (TPSA) is 61.4 Å². The Morgan fingerprint density at radius 3 is 2.37 bits per heavy atom. The van der Waals surface area contributed by atoms with Crippen LogP contribution in [0.25, 0.3) is 10.8 Å². The van der Waals surface area contributed by atoms with E-state index < -0.39 is 0 Å². The standard InChI is InChI=1S/C25H29N3O2/c1-4-19(3)28(25(30)27-22-11-7-8-18(2)16-22)15-14-24(29)26-23-13-12-20-9-5-6-10-21(20)17-23/h5-13,16-17,19H,4,14-15H2,1-3H3,(H,26,29)(H,27,30). The minimum Gasteiger partial charge on any atom is -0.326 e. The number of urea groups is 1. The van der Waals surface area contributed by atoms with Gasteiger partial charge in [-0.05, 0) is 60.9 Å². The lowest BCUT2D eigenvalue weighted by atomic mass is 10.1. The molecule has 0 bridgehead atoms. The van der Waals surface area contributed by atoms with Crippen LogP contribution >= 0.6 is 0 Å². The molecule has 0 aliphatic heterocycles. The van der Waals surface area contributed by atoms with Gasteiger partial charge in [0.1, 0.15) is 0 Å². The largest absolute Gasteiger partial charge is 0.326 e. The fourth-order valence-electron chi connectivity index (χ4n) is 3.37. The second-order valence-corrected chi connectivity index (χ2v) is 7.61. The Morgan fingerprint density at radius 1 is 0.900 bits per heavy atom. The first kappa shape index (κ1) is 21.4. The molecule has 3 amide bonds. The maximum absolute atomic E-state index is 12.8. The number of hydrogen-bond acceptors (Lipinski definition) is 2. The zero-order chi connectivity index (χ0) is 21.5. The average Bonchev–Trinajstić information content (AvgIpc) is 2.73. The maximum atomic E-state index is 12.8. The zero-order valence-corrected chi connectivity index (χ0v) is 17.8. The van der Waals surface area contributed by atoms with E-state index in [0.29, 0.717) is 6.54 Å². The number of carbonyl (C=O) groups is 2. The van der Waals surface area contributed by atoms with Gasteiger partial charge in [0.15, 0.2) is 0 Å². The summed E-state index contributed by atoms with van der Waals surface area (Å²) in [4.78, 5) is 27.1. The Balaban J connectivity index is 1.61. The van der Waals surface area contributed by atoms with Crippen molar-refractivity contribution in [1.29, 1.82) is 0 Å². The lowest BCUT2D eigenvalue weighted by molar-refractivity contribution is -0.116. The predicted octanol–water partition coefficient (Wildman–Crippen LogP) is 5.81. The van der Waals surface area contributed by atoms with Gasteiger partial charge in [-0.1, -0.05) is 49.4 Å². The Bertz CT molecular complexity index is 1030. The molecule has 1 atom stereocenters. The molecule has 0 heterocycles. The number of benzene rings is 3. The van der Waals surface area contributed by atoms with Crippen molar-refractivity contribution in [1.82, 2.24) is 4.90 Å². The third-order valence-electron chi connectivity index (χ3n) is 5.27. The van der Waals surface area contributed by atoms with Crippen LogP contribution in [0.15, 0.2) is 66.7 Å². The molecule has 3 aromatic rings. The van der Waals surface area contributed by atoms with Gasteiger partial charge in [0.05, 0.1) is 0 Å². The molecule has 0 aliphatic rings. The Kier molecular flexibility index (Phi) is 7.07. The molecule has 0 spiro atoms. The first-order valence-electron chi connectivity index (χ1n) is 10.4. The number of amides is 3. The van der Waals surface area contributed by atoms with E-state index in [2.05, 4.69) is 10.6 Å². The molecule has 5 nitrogen and oxygen atoms in total. The quantitative estimate of drug-likeness (QED) is 0.523. The molecule has 0 aromatic heterocycles. The summed E-state index contributed by atoms with van der Waals surface area (Å²) in [5, 5.41) is 8.10. The van der Waals surface area contributed by atoms with E-state index in [0.717, 1.165) is 34.1 Å². The highest BCUT2D eigenvalue weighted by atomic mass is 16.2. The lowest BCUT2D eigenvalue weighted by Crippen LogP contribution is -2.42. The molecule has 1 unspecified atom stereocenters. The van der Waals surface area contributed by atoms with Crippen LogP contribution in [0.4, 0.5) is 16.2 Å². The molecule has 0 saturated carbocycles. The van der Waals surface area contributed by atoms with Crippen molar-refractivity contribution < 1.29 is 9.59 Å². The molecular formula is C25H29N3O2. The third-order valence-corrected chi connectivity index (χ3v) is 5.27. The van der Waals surface area contributed by atoms with E-state index in [1.54, 1.807) is 4.90 Å². The number of aryl methyl sites for hydroxylation is 1. The van der Waals surface area contributed by atoms with Gasteiger partial charge >= 0.3 is 6.03 Å². The number of fused-ring (bicyclic) bond motifs is 1. The molecule has 0 radical (unpaired) electrons. The van der Waals surface area contributed by atoms with Crippen molar-refractivity contribution in [2.45, 2.75) is 39.7 Å². The molecule has 3 rings (SSSR count). The first-order valence-corrected chi connectivity index (χ1v) is 10.4. The molecule has 0 fully saturated rings. The molecule has 5 heteroatoms. The summed E-state index contributed by atoms with van der Waals surface area (Å²) in [5.74, 6) is -0.109. The van der Waals surface area contributed by atoms with Gasteiger partial charge in [-0.3, -0.25) is 4.79 Å². The first-order chi connectivity index (χ1) is 14.5. The van der Waals surface area contributed by atoms with Gasteiger partial charge in [0, 0.05) is 30.4 Å². The van der Waals surface area contributed by atoms with Crippen LogP contribution in [-0.4, -0.2) is 29.4 Å². The van der Waals surface area contributed by atoms with Gasteiger partial charge in [0.25, 0.3) is 0 Å². The van der Waals surface area contributed by atoms with Crippen LogP contribution in [0, 0.1) is 6.92 Å². The maximum Gasteiger partial charge on any atom is 0.322 e. The third kappa shape index (κ3) is 5.60. The highest BCUT2D eigenvalue weighted by Crippen LogP contribution is 2.19. The number of hydrogen-bond donors (Lipinski definition) is 2. The molecule has 156 valence electrons. The number of anilines is 2. The minimum absolute atomic E-state index is 0.0308. The van der Waals surface area contributed by atoms with E-state index in [1.165, 1.54) is 0 Å². The smallest absolute Gasteiger partial charge is 0.322 e. The van der Waals surface area contributed by atoms with Crippen molar-refractivity contribution in [3.8, 4) is 0 Å². The molecule has 30 heavy (non-hydrogen) atoms. The summed E-state index contributed by atoms with van der Waals surface area (Å²) >= 11 is 0. The van der Waals surface area contributed by atoms with Crippen molar-refractivity contribution in [2.24, 2.45) is 0 Å². The Morgan fingerprint density at radius 2 is 1.63 bits per heavy atom. The van der Waals surface area contributed by atoms with Crippen molar-refractivity contribution >= 4 is 34.1 Å². The number of nitrogens with one attached hydrogen (secondary N) is 2. The number of carbonyl (C=O) groups excluding carboxylic acids is 2. The van der Waals surface area contributed by atoms with Crippen LogP contribution in [0.3, 0.4) is 0 Å². The van der Waals surface area contributed by atoms with Crippen molar-refractivity contribution in [2.75, 3.05) is 17.2 Å². The van der Waals surface area contributed by atoms with Gasteiger partial charge in [-0.15, -0.1) is 0 Å². The van der Waals surface area contributed by atoms with Crippen molar-refractivity contribution in [3.63, 3.8) is 0 Å². The second kappa shape index (κ2) is 9.92. The average molecular weight is 404 g/mol. The van der Waals surface area contributed by atoms with E-state index in [1.807, 2.05) is 87.5 Å². The molecule has 3 aromatic carbocycles. The van der Waals surface area contributed by atoms with Crippen LogP contribution in [0.5, 0.6) is 0 Å². The second-order valence-electron chi connectivity index (χ2n) is 7.61. The van der Waals surface area contributed by atoms with Gasteiger partial charge in [0.2, 0.25) is 5.91 Å². The Labute approximate surface area is 178 Å². The molecular weight excluding hydrogens is 374 g/mol. The van der Waals surface area contributed by atoms with Crippen LogP contribution in [0.1, 0.15) is 32.3 Å². The van der Waals surface area contributed by atoms with Gasteiger partial charge < -0.3 is 15.5 Å². The van der Waals surface area contributed by atoms with E-state index >= 15 is 0 Å².